The van der Waals surface area contributed by atoms with Crippen LogP contribution in [0.4, 0.5) is 5.69 Å². The Morgan fingerprint density at radius 1 is 0.844 bits per heavy atom. The highest BCUT2D eigenvalue weighted by atomic mass is 16.5. The summed E-state index contributed by atoms with van der Waals surface area (Å²) in [6, 6.07) is 29.9. The second-order valence-electron chi connectivity index (χ2n) is 8.69. The quantitative estimate of drug-likeness (QED) is 0.466. The standard InChI is InChI=1S/C28H28N2O2/c31-27(23-15-7-2-8-16-23)32-21-25-28(19-11-4-12-20-28)26(22-13-5-1-6-14-22)29-30(25)24-17-9-3-10-18-24/h1-3,5-10,13-18,25H,4,11-12,19-21H2. The smallest absolute Gasteiger partial charge is 0.338 e. The Morgan fingerprint density at radius 3 is 2.09 bits per heavy atom. The third kappa shape index (κ3) is 3.81. The van der Waals surface area contributed by atoms with Gasteiger partial charge in [-0.1, -0.05) is 86.0 Å². The molecule has 2 aliphatic rings. The van der Waals surface area contributed by atoms with Crippen LogP contribution in [0.5, 0.6) is 0 Å². The van der Waals surface area contributed by atoms with Gasteiger partial charge in [0.25, 0.3) is 0 Å². The lowest BCUT2D eigenvalue weighted by Crippen LogP contribution is -2.48. The molecule has 0 radical (unpaired) electrons. The van der Waals surface area contributed by atoms with Crippen LogP contribution in [-0.2, 0) is 4.74 Å². The van der Waals surface area contributed by atoms with Crippen LogP contribution in [0, 0.1) is 5.41 Å². The SMILES string of the molecule is O=C(OCC1N(c2ccccc2)N=C(c2ccccc2)C12CCCCC2)c1ccccc1. The molecule has 1 saturated carbocycles. The molecule has 32 heavy (non-hydrogen) atoms. The van der Waals surface area contributed by atoms with Crippen LogP contribution in [0.1, 0.15) is 48.0 Å². The summed E-state index contributed by atoms with van der Waals surface area (Å²) in [6.45, 7) is 0.308. The van der Waals surface area contributed by atoms with Gasteiger partial charge in [-0.3, -0.25) is 5.01 Å². The molecule has 3 aromatic rings. The molecule has 1 aliphatic heterocycles. The normalized spacial score (nSPS) is 19.6. The van der Waals surface area contributed by atoms with Crippen molar-refractivity contribution in [2.75, 3.05) is 11.6 Å². The minimum absolute atomic E-state index is 0.0342. The van der Waals surface area contributed by atoms with E-state index in [0.717, 1.165) is 42.6 Å². The van der Waals surface area contributed by atoms with Crippen LogP contribution in [0.15, 0.2) is 96.1 Å². The maximum Gasteiger partial charge on any atom is 0.338 e. The van der Waals surface area contributed by atoms with E-state index < -0.39 is 0 Å². The zero-order valence-electron chi connectivity index (χ0n) is 18.2. The maximum atomic E-state index is 12.8. The number of rotatable bonds is 5. The van der Waals surface area contributed by atoms with Gasteiger partial charge in [-0.25, -0.2) is 4.79 Å². The first-order chi connectivity index (χ1) is 15.8. The minimum atomic E-state index is -0.280. The van der Waals surface area contributed by atoms with Crippen LogP contribution in [0.2, 0.25) is 0 Å². The lowest BCUT2D eigenvalue weighted by Gasteiger charge is -2.41. The molecule has 4 heteroatoms. The van der Waals surface area contributed by atoms with Gasteiger partial charge in [-0.15, -0.1) is 0 Å². The number of hydrazone groups is 1. The van der Waals surface area contributed by atoms with E-state index in [1.54, 1.807) is 12.1 Å². The van der Waals surface area contributed by atoms with Gasteiger partial charge >= 0.3 is 5.97 Å². The first kappa shape index (κ1) is 20.5. The fraction of sp³-hybridized carbons (Fsp3) is 0.286. The number of benzene rings is 3. The van der Waals surface area contributed by atoms with Gasteiger partial charge in [0.2, 0.25) is 0 Å². The van der Waals surface area contributed by atoms with E-state index in [0.29, 0.717) is 12.2 Å². The van der Waals surface area contributed by atoms with Crippen LogP contribution < -0.4 is 5.01 Å². The van der Waals surface area contributed by atoms with Gasteiger partial charge in [0.1, 0.15) is 6.61 Å². The van der Waals surface area contributed by atoms with Crippen molar-refractivity contribution < 1.29 is 9.53 Å². The number of carbonyl (C=O) groups is 1. The summed E-state index contributed by atoms with van der Waals surface area (Å²) < 4.78 is 5.92. The van der Waals surface area contributed by atoms with Crippen molar-refractivity contribution >= 4 is 17.4 Å². The fourth-order valence-corrected chi connectivity index (χ4v) is 5.22. The van der Waals surface area contributed by atoms with Crippen molar-refractivity contribution in [3.63, 3.8) is 0 Å². The van der Waals surface area contributed by atoms with Gasteiger partial charge < -0.3 is 4.74 Å². The lowest BCUT2D eigenvalue weighted by molar-refractivity contribution is 0.0418. The van der Waals surface area contributed by atoms with Gasteiger partial charge in [0.15, 0.2) is 0 Å². The highest BCUT2D eigenvalue weighted by Crippen LogP contribution is 2.49. The molecule has 1 atom stereocenters. The summed E-state index contributed by atoms with van der Waals surface area (Å²) in [5, 5.41) is 7.30. The van der Waals surface area contributed by atoms with E-state index in [9.17, 15) is 4.79 Å². The van der Waals surface area contributed by atoms with Gasteiger partial charge in [0.05, 0.1) is 23.0 Å². The number of hydrogen-bond acceptors (Lipinski definition) is 4. The topological polar surface area (TPSA) is 41.9 Å². The minimum Gasteiger partial charge on any atom is -0.460 e. The predicted octanol–water partition coefficient (Wildman–Crippen LogP) is 6.09. The molecule has 1 fully saturated rings. The maximum absolute atomic E-state index is 12.8. The molecular formula is C28H28N2O2. The number of nitrogens with zero attached hydrogens (tertiary/aromatic N) is 2. The Hall–Kier alpha value is -3.40. The molecule has 1 unspecified atom stereocenters. The molecule has 0 saturated heterocycles. The van der Waals surface area contributed by atoms with E-state index in [1.807, 2.05) is 42.5 Å². The molecule has 1 aliphatic carbocycles. The second-order valence-corrected chi connectivity index (χ2v) is 8.69. The van der Waals surface area contributed by atoms with Crippen molar-refractivity contribution in [2.45, 2.75) is 38.1 Å². The van der Waals surface area contributed by atoms with Crippen LogP contribution in [0.3, 0.4) is 0 Å². The van der Waals surface area contributed by atoms with Gasteiger partial charge in [-0.05, 0) is 42.7 Å². The molecule has 1 spiro atoms. The Balaban J connectivity index is 1.52. The average Bonchev–Trinajstić information content (AvgIpc) is 3.17. The Bertz CT molecular complexity index is 1070. The third-order valence-electron chi connectivity index (χ3n) is 6.81. The zero-order valence-corrected chi connectivity index (χ0v) is 18.2. The molecule has 0 amide bonds. The van der Waals surface area contributed by atoms with Crippen LogP contribution in [-0.4, -0.2) is 24.3 Å². The summed E-state index contributed by atoms with van der Waals surface area (Å²) in [5.41, 5.74) is 3.77. The molecule has 0 aromatic heterocycles. The molecule has 4 nitrogen and oxygen atoms in total. The van der Waals surface area contributed by atoms with Gasteiger partial charge in [-0.2, -0.15) is 5.10 Å². The van der Waals surface area contributed by atoms with Crippen molar-refractivity contribution in [1.29, 1.82) is 0 Å². The number of esters is 1. The van der Waals surface area contributed by atoms with E-state index >= 15 is 0 Å². The average molecular weight is 425 g/mol. The Morgan fingerprint density at radius 2 is 1.44 bits per heavy atom. The lowest BCUT2D eigenvalue weighted by atomic mass is 9.65. The number of para-hydroxylation sites is 1. The molecule has 0 N–H and O–H groups in total. The second kappa shape index (κ2) is 8.99. The summed E-state index contributed by atoms with van der Waals surface area (Å²) >= 11 is 0. The zero-order chi connectivity index (χ0) is 21.8. The Kier molecular flexibility index (Phi) is 5.76. The largest absolute Gasteiger partial charge is 0.460 e. The molecular weight excluding hydrogens is 396 g/mol. The monoisotopic (exact) mass is 424 g/mol. The summed E-state index contributed by atoms with van der Waals surface area (Å²) in [6.07, 6.45) is 5.68. The van der Waals surface area contributed by atoms with Crippen molar-refractivity contribution in [2.24, 2.45) is 10.5 Å². The van der Waals surface area contributed by atoms with E-state index in [2.05, 4.69) is 41.4 Å². The summed E-state index contributed by atoms with van der Waals surface area (Å²) in [5.74, 6) is -0.280. The number of hydrogen-bond donors (Lipinski definition) is 0. The molecule has 1 heterocycles. The van der Waals surface area contributed by atoms with Gasteiger partial charge in [0, 0.05) is 5.41 Å². The molecule has 0 bridgehead atoms. The number of ether oxygens (including phenoxy) is 1. The molecule has 3 aromatic carbocycles. The van der Waals surface area contributed by atoms with Crippen molar-refractivity contribution in [1.82, 2.24) is 0 Å². The summed E-state index contributed by atoms with van der Waals surface area (Å²) in [7, 11) is 0. The highest BCUT2D eigenvalue weighted by Gasteiger charge is 2.52. The fourth-order valence-electron chi connectivity index (χ4n) is 5.22. The molecule has 162 valence electrons. The number of anilines is 1. The first-order valence-electron chi connectivity index (χ1n) is 11.5. The highest BCUT2D eigenvalue weighted by molar-refractivity contribution is 6.07. The predicted molar refractivity (Wildman–Crippen MR) is 128 cm³/mol. The molecule has 5 rings (SSSR count). The van der Waals surface area contributed by atoms with Crippen LogP contribution in [0.25, 0.3) is 0 Å². The third-order valence-corrected chi connectivity index (χ3v) is 6.81. The number of carbonyl (C=O) groups excluding carboxylic acids is 1. The van der Waals surface area contributed by atoms with Crippen molar-refractivity contribution in [3.8, 4) is 0 Å². The first-order valence-corrected chi connectivity index (χ1v) is 11.5. The Labute approximate surface area is 189 Å². The van der Waals surface area contributed by atoms with E-state index in [4.69, 9.17) is 9.84 Å². The van der Waals surface area contributed by atoms with Crippen molar-refractivity contribution in [3.05, 3.63) is 102 Å². The van der Waals surface area contributed by atoms with E-state index in [1.165, 1.54) is 6.42 Å². The van der Waals surface area contributed by atoms with E-state index in [-0.39, 0.29) is 17.4 Å². The summed E-state index contributed by atoms with van der Waals surface area (Å²) in [4.78, 5) is 12.8. The van der Waals surface area contributed by atoms with Crippen LogP contribution >= 0.6 is 0 Å².